The number of unbranched alkanes of at least 4 members (excludes halogenated alkanes) is 1. The molecule has 7 nitrogen and oxygen atoms in total. The van der Waals surface area contributed by atoms with Gasteiger partial charge in [-0.25, -0.2) is 9.59 Å². The third-order valence-electron chi connectivity index (χ3n) is 3.31. The molecule has 0 spiro atoms. The molecule has 2 amide bonds. The molecule has 0 aromatic heterocycles. The first-order valence-corrected chi connectivity index (χ1v) is 7.84. The maximum Gasteiger partial charge on any atom is 0.407 e. The number of carbonyl (C=O) groups excluding carboxylic acids is 1. The summed E-state index contributed by atoms with van der Waals surface area (Å²) >= 11 is 0. The molecule has 1 aliphatic heterocycles. The highest BCUT2D eigenvalue weighted by molar-refractivity contribution is 5.67. The van der Waals surface area contributed by atoms with Gasteiger partial charge >= 0.3 is 12.2 Å². The van der Waals surface area contributed by atoms with Crippen LogP contribution in [-0.2, 0) is 9.47 Å². The van der Waals surface area contributed by atoms with Gasteiger partial charge in [-0.3, -0.25) is 0 Å². The Kier molecular flexibility index (Phi) is 7.44. The quantitative estimate of drug-likeness (QED) is 0.735. The van der Waals surface area contributed by atoms with Gasteiger partial charge in [0.1, 0.15) is 5.60 Å². The van der Waals surface area contributed by atoms with Crippen molar-refractivity contribution in [2.45, 2.75) is 58.2 Å². The molecule has 0 aromatic carbocycles. The van der Waals surface area contributed by atoms with Crippen LogP contribution < -0.4 is 5.32 Å². The topological polar surface area (TPSA) is 88.1 Å². The van der Waals surface area contributed by atoms with Crippen molar-refractivity contribution in [3.8, 4) is 0 Å². The highest BCUT2D eigenvalue weighted by Gasteiger charge is 2.22. The largest absolute Gasteiger partial charge is 0.465 e. The number of amides is 2. The average molecular weight is 316 g/mol. The van der Waals surface area contributed by atoms with Crippen LogP contribution in [0.3, 0.4) is 0 Å². The summed E-state index contributed by atoms with van der Waals surface area (Å²) < 4.78 is 10.9. The number of nitrogens with zero attached hydrogens (tertiary/aromatic N) is 1. The van der Waals surface area contributed by atoms with Crippen molar-refractivity contribution in [2.24, 2.45) is 0 Å². The number of likely N-dealkylation sites (tertiary alicyclic amines) is 1. The van der Waals surface area contributed by atoms with Gasteiger partial charge in [0.2, 0.25) is 0 Å². The molecule has 7 heteroatoms. The lowest BCUT2D eigenvalue weighted by atomic mass is 10.1. The molecule has 0 atom stereocenters. The van der Waals surface area contributed by atoms with Crippen molar-refractivity contribution in [3.63, 3.8) is 0 Å². The lowest BCUT2D eigenvalue weighted by molar-refractivity contribution is 0.00843. The number of carboxylic acid groups (broad SMARTS) is 1. The standard InChI is InChI=1S/C15H28N2O5/c1-15(2,3)22-13(18)16-8-4-5-11-21-12-6-9-17(10-7-12)14(19)20/h12H,4-11H2,1-3H3,(H,16,18)(H,19,20). The van der Waals surface area contributed by atoms with Crippen LogP contribution in [0.2, 0.25) is 0 Å². The van der Waals surface area contributed by atoms with Crippen LogP contribution in [0.25, 0.3) is 0 Å². The maximum atomic E-state index is 11.4. The molecular formula is C15H28N2O5. The Morgan fingerprint density at radius 3 is 2.41 bits per heavy atom. The zero-order valence-electron chi connectivity index (χ0n) is 13.8. The second-order valence-corrected chi connectivity index (χ2v) is 6.48. The second kappa shape index (κ2) is 8.82. The van der Waals surface area contributed by atoms with Gasteiger partial charge in [0.05, 0.1) is 6.10 Å². The molecule has 0 aliphatic carbocycles. The van der Waals surface area contributed by atoms with Crippen LogP contribution in [-0.4, -0.2) is 60.1 Å². The van der Waals surface area contributed by atoms with Crippen LogP contribution in [0.15, 0.2) is 0 Å². The number of piperidine rings is 1. The smallest absolute Gasteiger partial charge is 0.407 e. The Hall–Kier alpha value is -1.50. The minimum Gasteiger partial charge on any atom is -0.465 e. The number of ether oxygens (including phenoxy) is 2. The van der Waals surface area contributed by atoms with Gasteiger partial charge in [-0.2, -0.15) is 0 Å². The van der Waals surface area contributed by atoms with Crippen LogP contribution in [0, 0.1) is 0 Å². The molecule has 1 saturated heterocycles. The van der Waals surface area contributed by atoms with Crippen molar-refractivity contribution in [1.29, 1.82) is 0 Å². The molecule has 0 bridgehead atoms. The molecule has 0 unspecified atom stereocenters. The van der Waals surface area contributed by atoms with Crippen molar-refractivity contribution in [1.82, 2.24) is 10.2 Å². The fourth-order valence-electron chi connectivity index (χ4n) is 2.20. The van der Waals surface area contributed by atoms with Crippen molar-refractivity contribution in [3.05, 3.63) is 0 Å². The molecule has 1 rings (SSSR count). The Bertz CT molecular complexity index is 359. The summed E-state index contributed by atoms with van der Waals surface area (Å²) in [6.45, 7) is 7.77. The zero-order chi connectivity index (χ0) is 16.6. The van der Waals surface area contributed by atoms with Crippen LogP contribution in [0.1, 0.15) is 46.5 Å². The van der Waals surface area contributed by atoms with E-state index in [4.69, 9.17) is 14.6 Å². The third-order valence-corrected chi connectivity index (χ3v) is 3.31. The SMILES string of the molecule is CC(C)(C)OC(=O)NCCCCOC1CCN(C(=O)O)CC1. The molecular weight excluding hydrogens is 288 g/mol. The summed E-state index contributed by atoms with van der Waals surface area (Å²) in [6.07, 6.45) is 2.09. The van der Waals surface area contributed by atoms with E-state index < -0.39 is 17.8 Å². The Labute approximate surface area is 131 Å². The molecule has 1 aliphatic rings. The van der Waals surface area contributed by atoms with Crippen molar-refractivity contribution < 1.29 is 24.2 Å². The molecule has 1 heterocycles. The first-order valence-electron chi connectivity index (χ1n) is 7.84. The molecule has 128 valence electrons. The summed E-state index contributed by atoms with van der Waals surface area (Å²) in [5.74, 6) is 0. The number of alkyl carbamates (subject to hydrolysis) is 1. The van der Waals surface area contributed by atoms with Gasteiger partial charge in [0, 0.05) is 26.2 Å². The number of rotatable bonds is 6. The Balaban J connectivity index is 1.98. The molecule has 0 saturated carbocycles. The van der Waals surface area contributed by atoms with E-state index in [1.807, 2.05) is 20.8 Å². The fraction of sp³-hybridized carbons (Fsp3) is 0.867. The second-order valence-electron chi connectivity index (χ2n) is 6.48. The first-order chi connectivity index (χ1) is 10.3. The minimum absolute atomic E-state index is 0.148. The maximum absolute atomic E-state index is 11.4. The van der Waals surface area contributed by atoms with E-state index in [-0.39, 0.29) is 6.10 Å². The number of nitrogens with one attached hydrogen (secondary N) is 1. The van der Waals surface area contributed by atoms with E-state index in [0.29, 0.717) is 26.2 Å². The predicted octanol–water partition coefficient (Wildman–Crippen LogP) is 2.45. The van der Waals surface area contributed by atoms with Crippen LogP contribution >= 0.6 is 0 Å². The van der Waals surface area contributed by atoms with Gasteiger partial charge in [0.15, 0.2) is 0 Å². The first kappa shape index (κ1) is 18.5. The normalized spacial score (nSPS) is 16.4. The van der Waals surface area contributed by atoms with E-state index in [0.717, 1.165) is 25.7 Å². The minimum atomic E-state index is -0.855. The summed E-state index contributed by atoms with van der Waals surface area (Å²) in [5, 5.41) is 11.6. The van der Waals surface area contributed by atoms with E-state index in [1.54, 1.807) is 0 Å². The lowest BCUT2D eigenvalue weighted by Gasteiger charge is -2.29. The van der Waals surface area contributed by atoms with E-state index in [9.17, 15) is 9.59 Å². The summed E-state index contributed by atoms with van der Waals surface area (Å²) in [7, 11) is 0. The van der Waals surface area contributed by atoms with Crippen molar-refractivity contribution in [2.75, 3.05) is 26.2 Å². The lowest BCUT2D eigenvalue weighted by Crippen LogP contribution is -2.40. The van der Waals surface area contributed by atoms with Crippen molar-refractivity contribution >= 4 is 12.2 Å². The summed E-state index contributed by atoms with van der Waals surface area (Å²) in [4.78, 5) is 23.6. The van der Waals surface area contributed by atoms with E-state index >= 15 is 0 Å². The van der Waals surface area contributed by atoms with Gasteiger partial charge in [-0.1, -0.05) is 0 Å². The third kappa shape index (κ3) is 8.07. The molecule has 1 fully saturated rings. The number of hydrogen-bond donors (Lipinski definition) is 2. The predicted molar refractivity (Wildman–Crippen MR) is 82.0 cm³/mol. The average Bonchev–Trinajstić information content (AvgIpc) is 2.41. The van der Waals surface area contributed by atoms with Gasteiger partial charge < -0.3 is 24.8 Å². The fourth-order valence-corrected chi connectivity index (χ4v) is 2.20. The van der Waals surface area contributed by atoms with Gasteiger partial charge in [-0.15, -0.1) is 0 Å². The summed E-state index contributed by atoms with van der Waals surface area (Å²) in [6, 6.07) is 0. The Morgan fingerprint density at radius 2 is 1.86 bits per heavy atom. The number of hydrogen-bond acceptors (Lipinski definition) is 4. The molecule has 0 aromatic rings. The zero-order valence-corrected chi connectivity index (χ0v) is 13.8. The molecule has 22 heavy (non-hydrogen) atoms. The Morgan fingerprint density at radius 1 is 1.23 bits per heavy atom. The summed E-state index contributed by atoms with van der Waals surface area (Å²) in [5.41, 5.74) is -0.474. The van der Waals surface area contributed by atoms with Gasteiger partial charge in [-0.05, 0) is 46.5 Å². The van der Waals surface area contributed by atoms with Gasteiger partial charge in [0.25, 0.3) is 0 Å². The molecule has 2 N–H and O–H groups in total. The monoisotopic (exact) mass is 316 g/mol. The van der Waals surface area contributed by atoms with Crippen LogP contribution in [0.4, 0.5) is 9.59 Å². The number of carbonyl (C=O) groups is 2. The van der Waals surface area contributed by atoms with E-state index in [2.05, 4.69) is 5.32 Å². The highest BCUT2D eigenvalue weighted by Crippen LogP contribution is 2.14. The van der Waals surface area contributed by atoms with E-state index in [1.165, 1.54) is 4.90 Å². The highest BCUT2D eigenvalue weighted by atomic mass is 16.6. The molecule has 0 radical (unpaired) electrons. The van der Waals surface area contributed by atoms with Crippen LogP contribution in [0.5, 0.6) is 0 Å².